The number of carbonyl (C=O) groups excluding carboxylic acids is 6. The maximum atomic E-state index is 14.6. The van der Waals surface area contributed by atoms with Crippen molar-refractivity contribution in [3.63, 3.8) is 0 Å². The van der Waals surface area contributed by atoms with E-state index in [0.717, 1.165) is 105 Å². The van der Waals surface area contributed by atoms with Gasteiger partial charge in [-0.05, 0) is 181 Å². The van der Waals surface area contributed by atoms with Gasteiger partial charge in [0, 0.05) is 120 Å². The molecule has 776 valence electrons. The second kappa shape index (κ2) is 47.9. The molecule has 4 aliphatic carbocycles. The summed E-state index contributed by atoms with van der Waals surface area (Å²) in [6.07, 6.45) is 22.0. The Morgan fingerprint density at radius 2 is 1.00 bits per heavy atom. The number of thiazole rings is 2. The highest BCUT2D eigenvalue weighted by atomic mass is 32.2. The number of aryl methyl sites for hydroxylation is 2. The molecule has 6 amide bonds. The molecule has 5 unspecified atom stereocenters. The summed E-state index contributed by atoms with van der Waals surface area (Å²) in [5.41, 5.74) is 12.4. The number of anilines is 4. The standard InChI is InChI=1S/C41H52N6O8S.C40H50N6O8S.C10H15N3O3S.C9H13N3O3S/c1-23(2)42-39-44-33(22-56-39)32-19-35(29-15-14-27(53-4)17-31(29)43-32)54-28-18-34-36(48)46-41(38(50)51)20-25(41)10-6-5-9-24(3)13-16-30(37(49)47(34)21-28)45-40(52)55-26-11-7-8-12-26;1-23(2)41-38-43-32(22-55-38)31-19-34(28-16-15-26(52-3)17-30(28)42-31)53-27-18-33-35(47)45-40(37(49)50)20-24(40)11-7-5-4-6-8-14-29(36(48)46(33)21-27)44-39(51)54-25-12-9-10-13-25;1-6-3-13(10(14)12-9(6)11)7-4-16-8(17-7)5-15-2;1-5-3-12(8(13)11-7(5)10)6-4-15-9(14-2)16-6/h6,10,14-15,17,19,22-26,28,30,34H,5,7-9,11-13,16,18,20-21H2,1-4H3,(H,42,44)(H,45,52)(H,46,48)(H,50,51);7,11,15-17,19,22-25,27,29,33H,4-6,8-10,12-14,18,20-21H2,1-3H3,(H,41,43)(H,44,51)(H,45,47)(H,49,50);3,7-8H,4-5H2,1-2H3,(H2,11,12,14);3,6,9H,4H2,1-2H3,(H2,10,11,13)/b10-6-;11-7-;;/t24?,25-,28-,30+,34+,41-;24-,27-,29+,33+,40-;;/m11../s1. The van der Waals surface area contributed by atoms with Crippen LogP contribution in [0.2, 0.25) is 0 Å². The SMILES string of the molecule is COC1OCC(n2cc(C)c(N)nc2=O)S1.COCC1OCC(n2cc(C)c(N)nc2=O)S1.COc1ccc2c(O[C@@H]3C[C@H]4C(=O)N[C@]5(C(=O)O)C[C@H]5/C=C\CCC(C)CC[C@H](NC(=O)OC5CCCC5)C(=O)N4C3)cc(-c3csc(NC(C)C)n3)nc2c1.COc1ccc2c(O[C@@H]3C[C@H]4C(=O)N[C@]5(C(=O)O)C[C@H]5/C=C\CCCCC[C@H](NC(=O)OC5CCCC5)C(=O)N4C3)cc(-c3csc(NC(C)C)n3)nc2c1. The van der Waals surface area contributed by atoms with Crippen LogP contribution in [0, 0.1) is 31.6 Å². The predicted octanol–water partition coefficient (Wildman–Crippen LogP) is 13.0. The van der Waals surface area contributed by atoms with Crippen LogP contribution in [-0.2, 0) is 57.2 Å². The van der Waals surface area contributed by atoms with Crippen LogP contribution in [0.3, 0.4) is 0 Å². The molecule has 144 heavy (non-hydrogen) atoms. The molecule has 0 spiro atoms. The summed E-state index contributed by atoms with van der Waals surface area (Å²) in [7, 11) is 6.35. The largest absolute Gasteiger partial charge is 0.497 e. The molecule has 40 nitrogen and oxygen atoms in total. The molecule has 4 saturated heterocycles. The number of ether oxygens (including phenoxy) is 10. The summed E-state index contributed by atoms with van der Waals surface area (Å²) in [6.45, 7) is 15.4. The number of fused-ring (bicyclic) bond motifs is 6. The molecule has 0 bridgehead atoms. The number of amides is 6. The van der Waals surface area contributed by atoms with E-state index in [0.29, 0.717) is 113 Å². The van der Waals surface area contributed by atoms with Crippen molar-refractivity contribution < 1.29 is 95.9 Å². The van der Waals surface area contributed by atoms with E-state index in [-0.39, 0.29) is 126 Å². The van der Waals surface area contributed by atoms with Gasteiger partial charge in [-0.15, -0.1) is 34.4 Å². The fourth-order valence-electron chi connectivity index (χ4n) is 19.0. The summed E-state index contributed by atoms with van der Waals surface area (Å²) in [6, 6.07) is 11.0. The minimum Gasteiger partial charge on any atom is -0.497 e. The molecule has 15 atom stereocenters. The number of carboxylic acids is 2. The summed E-state index contributed by atoms with van der Waals surface area (Å²) in [5.74, 6) is -1.98. The van der Waals surface area contributed by atoms with Crippen LogP contribution in [0.1, 0.15) is 191 Å². The third kappa shape index (κ3) is 26.3. The summed E-state index contributed by atoms with van der Waals surface area (Å²) in [5, 5.41) is 45.1. The topological polar surface area (TPSA) is 521 Å². The predicted molar refractivity (Wildman–Crippen MR) is 546 cm³/mol. The summed E-state index contributed by atoms with van der Waals surface area (Å²) >= 11 is 5.92. The Balaban J connectivity index is 0.000000164. The number of thioether (sulfide) groups is 2. The van der Waals surface area contributed by atoms with Gasteiger partial charge in [0.15, 0.2) is 10.3 Å². The average molecular weight is 2060 g/mol. The Hall–Kier alpha value is -11.9. The molecular formula is C100H130N18O22S4. The van der Waals surface area contributed by atoms with Crippen LogP contribution < -0.4 is 73.7 Å². The van der Waals surface area contributed by atoms with Crippen molar-refractivity contribution in [2.24, 2.45) is 17.8 Å². The van der Waals surface area contributed by atoms with Crippen LogP contribution in [0.5, 0.6) is 23.0 Å². The molecule has 6 aliphatic heterocycles. The van der Waals surface area contributed by atoms with Gasteiger partial charge >= 0.3 is 35.5 Å². The number of nitrogens with zero attached hydrogens (tertiary/aromatic N) is 10. The van der Waals surface area contributed by atoms with Gasteiger partial charge in [-0.1, -0.05) is 55.8 Å². The van der Waals surface area contributed by atoms with E-state index in [2.05, 4.69) is 48.8 Å². The van der Waals surface area contributed by atoms with Crippen molar-refractivity contribution in [3.8, 4) is 45.8 Å². The average Bonchev–Trinajstić information content (AvgIpc) is 1.58. The van der Waals surface area contributed by atoms with E-state index in [9.17, 15) is 58.2 Å². The van der Waals surface area contributed by atoms with E-state index in [1.54, 1.807) is 57.2 Å². The minimum absolute atomic E-state index is 0.0280. The number of nitrogen functional groups attached to an aromatic ring is 2. The van der Waals surface area contributed by atoms with Crippen molar-refractivity contribution in [3.05, 3.63) is 128 Å². The molecule has 4 saturated carbocycles. The molecular weight excluding hydrogens is 1930 g/mol. The van der Waals surface area contributed by atoms with Gasteiger partial charge in [0.1, 0.15) is 122 Å². The smallest absolute Gasteiger partial charge is 0.408 e. The van der Waals surface area contributed by atoms with Crippen LogP contribution in [0.15, 0.2) is 106 Å². The zero-order valence-corrected chi connectivity index (χ0v) is 86.0. The fourth-order valence-corrected chi connectivity index (χ4v) is 22.8. The third-order valence-corrected chi connectivity index (χ3v) is 31.2. The van der Waals surface area contributed by atoms with Gasteiger partial charge in [0.25, 0.3) is 0 Å². The number of carboxylic acid groups (broad SMARTS) is 2. The number of allylic oxidation sites excluding steroid dienone is 2. The molecule has 12 N–H and O–H groups in total. The zero-order chi connectivity index (χ0) is 102. The number of aromatic nitrogens is 8. The number of benzene rings is 2. The number of rotatable bonds is 23. The van der Waals surface area contributed by atoms with E-state index in [1.807, 2.05) is 125 Å². The monoisotopic (exact) mass is 2060 g/mol. The molecule has 18 rings (SSSR count). The van der Waals surface area contributed by atoms with Gasteiger partial charge < -0.3 is 111 Å². The van der Waals surface area contributed by atoms with Gasteiger partial charge in [0.2, 0.25) is 29.3 Å². The molecule has 44 heteroatoms. The lowest BCUT2D eigenvalue weighted by molar-refractivity contribution is -0.146. The van der Waals surface area contributed by atoms with Crippen molar-refractivity contribution in [1.82, 2.24) is 70.1 Å². The Morgan fingerprint density at radius 1 is 0.542 bits per heavy atom. The van der Waals surface area contributed by atoms with Crippen molar-refractivity contribution in [2.75, 3.05) is 83.5 Å². The highest BCUT2D eigenvalue weighted by Gasteiger charge is 2.63. The van der Waals surface area contributed by atoms with Crippen molar-refractivity contribution >= 4 is 138 Å². The number of carbonyl (C=O) groups is 8. The molecule has 10 aliphatic rings. The number of nitrogens with one attached hydrogen (secondary N) is 6. The van der Waals surface area contributed by atoms with Crippen LogP contribution in [0.25, 0.3) is 44.6 Å². The number of pyridine rings is 2. The lowest BCUT2D eigenvalue weighted by Gasteiger charge is -2.30. The van der Waals surface area contributed by atoms with E-state index < -0.39 is 95.2 Å². The van der Waals surface area contributed by atoms with E-state index in [1.165, 1.54) is 48.8 Å². The molecule has 8 fully saturated rings. The Labute approximate surface area is 850 Å². The first-order valence-corrected chi connectivity index (χ1v) is 52.8. The quantitative estimate of drug-likeness (QED) is 0.0266. The molecule has 0 radical (unpaired) electrons. The highest BCUT2D eigenvalue weighted by Crippen LogP contribution is 2.49. The van der Waals surface area contributed by atoms with Gasteiger partial charge in [0.05, 0.1) is 69.6 Å². The molecule has 2 aromatic carbocycles. The Bertz CT molecular complexity index is 6130. The van der Waals surface area contributed by atoms with E-state index >= 15 is 0 Å². The number of alkyl carbamates (subject to hydrolysis) is 2. The lowest BCUT2D eigenvalue weighted by atomic mass is 9.96. The Morgan fingerprint density at radius 3 is 1.45 bits per heavy atom. The number of aliphatic carboxylic acids is 2. The second-order valence-electron chi connectivity index (χ2n) is 38.6. The van der Waals surface area contributed by atoms with Gasteiger partial charge in [-0.25, -0.2) is 48.7 Å². The van der Waals surface area contributed by atoms with Crippen molar-refractivity contribution in [1.29, 1.82) is 0 Å². The molecule has 8 aromatic rings. The Kier molecular flexibility index (Phi) is 35.4. The molecule has 12 heterocycles. The maximum Gasteiger partial charge on any atom is 0.408 e. The zero-order valence-electron chi connectivity index (χ0n) is 82.8. The number of hydrogen-bond donors (Lipinski definition) is 10. The normalized spacial score (nSPS) is 26.6. The summed E-state index contributed by atoms with van der Waals surface area (Å²) in [4.78, 5) is 162. The van der Waals surface area contributed by atoms with Gasteiger partial charge in [-0.2, -0.15) is 9.97 Å². The number of hydrogen-bond acceptors (Lipinski definition) is 34. The number of nitrogens with two attached hydrogens (primary N) is 2. The first-order valence-electron chi connectivity index (χ1n) is 49.2. The van der Waals surface area contributed by atoms with Crippen LogP contribution >= 0.6 is 46.2 Å². The van der Waals surface area contributed by atoms with Crippen molar-refractivity contribution in [2.45, 2.75) is 277 Å². The number of methoxy groups -OCH3 is 4. The van der Waals surface area contributed by atoms with Gasteiger partial charge in [-0.3, -0.25) is 28.3 Å². The molecule has 6 aromatic heterocycles. The first kappa shape index (κ1) is 106. The van der Waals surface area contributed by atoms with E-state index in [4.69, 9.17) is 78.8 Å². The first-order chi connectivity index (χ1) is 69.2. The van der Waals surface area contributed by atoms with Crippen LogP contribution in [-0.4, -0.2) is 251 Å². The lowest BCUT2D eigenvalue weighted by Crippen LogP contribution is -2.56. The minimum atomic E-state index is -1.46. The highest BCUT2D eigenvalue weighted by molar-refractivity contribution is 8.00. The fraction of sp³-hybridized carbons (Fsp3) is 0.560. The summed E-state index contributed by atoms with van der Waals surface area (Å²) < 4.78 is 59.8. The third-order valence-electron chi connectivity index (χ3n) is 27.1. The maximum absolute atomic E-state index is 14.6. The second-order valence-corrected chi connectivity index (χ2v) is 42.9. The van der Waals surface area contributed by atoms with Crippen LogP contribution in [0.4, 0.5) is 31.5 Å².